The highest BCUT2D eigenvalue weighted by molar-refractivity contribution is 5.77. The number of pyridine rings is 1. The van der Waals surface area contributed by atoms with Crippen molar-refractivity contribution < 1.29 is 9.18 Å². The second-order valence-corrected chi connectivity index (χ2v) is 11.6. The number of halogens is 1. The number of nitrogens with zero attached hydrogens (tertiary/aromatic N) is 4. The Bertz CT molecular complexity index is 1110. The lowest BCUT2D eigenvalue weighted by Gasteiger charge is -2.61. The van der Waals surface area contributed by atoms with E-state index >= 15 is 0 Å². The van der Waals surface area contributed by atoms with Crippen molar-refractivity contribution in [3.63, 3.8) is 0 Å². The zero-order chi connectivity index (χ0) is 24.8. The van der Waals surface area contributed by atoms with Gasteiger partial charge in [0, 0.05) is 69.4 Å². The summed E-state index contributed by atoms with van der Waals surface area (Å²) in [4.78, 5) is 22.8. The molecular weight excluding hydrogens is 443 g/mol. The fourth-order valence-electron chi connectivity index (χ4n) is 5.22. The van der Waals surface area contributed by atoms with E-state index in [1.807, 2.05) is 9.80 Å². The van der Waals surface area contributed by atoms with Crippen molar-refractivity contribution in [1.82, 2.24) is 20.1 Å². The molecule has 0 unspecified atom stereocenters. The Hall–Kier alpha value is -3.29. The van der Waals surface area contributed by atoms with Gasteiger partial charge in [-0.05, 0) is 16.5 Å². The number of nitrogens with one attached hydrogen (secondary N) is 1. The van der Waals surface area contributed by atoms with Gasteiger partial charge in [0.15, 0.2) is 0 Å². The van der Waals surface area contributed by atoms with Crippen LogP contribution in [0.25, 0.3) is 5.70 Å². The summed E-state index contributed by atoms with van der Waals surface area (Å²) in [6.45, 7) is 12.2. The van der Waals surface area contributed by atoms with Crippen LogP contribution in [0.4, 0.5) is 14.9 Å². The monoisotopic (exact) mass is 478 g/mol. The molecule has 5 rings (SSSR count). The first-order valence-corrected chi connectivity index (χ1v) is 12.3. The number of carbonyl (C=O) groups is 1. The van der Waals surface area contributed by atoms with E-state index in [0.717, 1.165) is 62.8 Å². The molecule has 0 radical (unpaired) electrons. The molecule has 1 aromatic carbocycles. The lowest BCUT2D eigenvalue weighted by Crippen LogP contribution is -2.74. The minimum atomic E-state index is -0.315. The van der Waals surface area contributed by atoms with Crippen LogP contribution in [0.2, 0.25) is 0 Å². The molecule has 0 atom stereocenters. The van der Waals surface area contributed by atoms with Crippen LogP contribution < -0.4 is 16.0 Å². The Morgan fingerprint density at radius 2 is 1.83 bits per heavy atom. The molecule has 0 saturated carbocycles. The van der Waals surface area contributed by atoms with E-state index in [-0.39, 0.29) is 22.7 Å². The number of benzene rings is 1. The lowest BCUT2D eigenvalue weighted by molar-refractivity contribution is -0.0117. The number of carbonyl (C=O) groups excluding carboxylic acids is 1. The molecule has 7 nitrogen and oxygen atoms in total. The third kappa shape index (κ3) is 4.79. The maximum atomic E-state index is 13.4. The van der Waals surface area contributed by atoms with Crippen molar-refractivity contribution in [1.29, 1.82) is 0 Å². The molecule has 3 aliphatic heterocycles. The zero-order valence-corrected chi connectivity index (χ0v) is 20.8. The van der Waals surface area contributed by atoms with Gasteiger partial charge in [0.1, 0.15) is 5.82 Å². The van der Waals surface area contributed by atoms with Gasteiger partial charge in [-0.25, -0.2) is 9.18 Å². The summed E-state index contributed by atoms with van der Waals surface area (Å²) >= 11 is 0. The highest BCUT2D eigenvalue weighted by Crippen LogP contribution is 2.43. The molecule has 4 heterocycles. The molecule has 8 heteroatoms. The number of nitrogens with two attached hydrogens (primary N) is 1. The van der Waals surface area contributed by atoms with E-state index in [0.29, 0.717) is 5.92 Å². The smallest absolute Gasteiger partial charge is 0.320 e. The molecule has 2 aromatic rings. The van der Waals surface area contributed by atoms with E-state index in [1.165, 1.54) is 17.8 Å². The van der Waals surface area contributed by atoms with Gasteiger partial charge in [-0.15, -0.1) is 0 Å². The number of aromatic nitrogens is 1. The van der Waals surface area contributed by atoms with Crippen molar-refractivity contribution in [2.75, 3.05) is 50.7 Å². The molecule has 1 aromatic heterocycles. The second kappa shape index (κ2) is 8.73. The molecule has 2 amide bonds. The summed E-state index contributed by atoms with van der Waals surface area (Å²) in [5, 5.41) is 3.44. The molecule has 0 aliphatic carbocycles. The molecule has 3 saturated heterocycles. The average molecular weight is 479 g/mol. The summed E-state index contributed by atoms with van der Waals surface area (Å²) in [5.41, 5.74) is 10.2. The van der Waals surface area contributed by atoms with E-state index in [1.54, 1.807) is 12.4 Å². The number of amides is 2. The van der Waals surface area contributed by atoms with Crippen LogP contribution in [0.1, 0.15) is 37.8 Å². The molecule has 1 spiro atoms. The molecule has 186 valence electrons. The Kier molecular flexibility index (Phi) is 5.85. The maximum absolute atomic E-state index is 13.4. The third-order valence-corrected chi connectivity index (χ3v) is 7.25. The van der Waals surface area contributed by atoms with Crippen molar-refractivity contribution in [2.24, 2.45) is 16.6 Å². The Balaban J connectivity index is 1.07. The highest BCUT2D eigenvalue weighted by Gasteiger charge is 2.54. The van der Waals surface area contributed by atoms with Gasteiger partial charge in [-0.3, -0.25) is 4.98 Å². The second-order valence-electron chi connectivity index (χ2n) is 11.6. The van der Waals surface area contributed by atoms with E-state index in [4.69, 9.17) is 5.73 Å². The SMILES string of the molecule is CC(C)(C)CN/C(=C\N)c1ccc(C2CN(C(=O)N3CC4(C3)CN(c3cncc(F)c3)C4)C2)cc1. The first-order valence-electron chi connectivity index (χ1n) is 12.3. The number of urea groups is 1. The molecule has 3 N–H and O–H groups in total. The number of rotatable bonds is 5. The Morgan fingerprint density at radius 1 is 1.14 bits per heavy atom. The van der Waals surface area contributed by atoms with E-state index in [9.17, 15) is 9.18 Å². The minimum Gasteiger partial charge on any atom is -0.403 e. The van der Waals surface area contributed by atoms with Gasteiger partial charge >= 0.3 is 6.03 Å². The molecular formula is C27H35FN6O. The third-order valence-electron chi connectivity index (χ3n) is 7.25. The first kappa shape index (κ1) is 23.5. The average Bonchev–Trinajstić information content (AvgIpc) is 2.71. The fourth-order valence-corrected chi connectivity index (χ4v) is 5.22. The van der Waals surface area contributed by atoms with E-state index in [2.05, 4.69) is 60.2 Å². The zero-order valence-electron chi connectivity index (χ0n) is 20.8. The van der Waals surface area contributed by atoms with Crippen molar-refractivity contribution >= 4 is 17.4 Å². The Morgan fingerprint density at radius 3 is 2.43 bits per heavy atom. The highest BCUT2D eigenvalue weighted by atomic mass is 19.1. The van der Waals surface area contributed by atoms with Crippen LogP contribution in [0.5, 0.6) is 0 Å². The number of hydrogen-bond donors (Lipinski definition) is 2. The molecule has 3 aliphatic rings. The standard InChI is InChI=1S/C27H35FN6O/c1-26(2,3)14-31-24(9-29)20-6-4-19(5-7-20)21-12-32(13-21)25(35)34-17-27(18-34)15-33(16-27)23-8-22(28)10-30-11-23/h4-11,21,31H,12-18,29H2,1-3H3/b24-9-. The van der Waals surface area contributed by atoms with Gasteiger partial charge in [0.05, 0.1) is 23.8 Å². The van der Waals surface area contributed by atoms with Crippen LogP contribution >= 0.6 is 0 Å². The number of hydrogen-bond acceptors (Lipinski definition) is 5. The van der Waals surface area contributed by atoms with Gasteiger partial charge in [0.25, 0.3) is 0 Å². The van der Waals surface area contributed by atoms with Crippen LogP contribution in [-0.2, 0) is 0 Å². The van der Waals surface area contributed by atoms with Crippen LogP contribution in [0, 0.1) is 16.6 Å². The number of likely N-dealkylation sites (tertiary alicyclic amines) is 2. The fraction of sp³-hybridized carbons (Fsp3) is 0.481. The summed E-state index contributed by atoms with van der Waals surface area (Å²) in [7, 11) is 0. The van der Waals surface area contributed by atoms with Gasteiger partial charge in [-0.1, -0.05) is 45.0 Å². The summed E-state index contributed by atoms with van der Waals surface area (Å²) < 4.78 is 13.4. The van der Waals surface area contributed by atoms with Crippen molar-refractivity contribution in [3.8, 4) is 0 Å². The Labute approximate surface area is 206 Å². The van der Waals surface area contributed by atoms with Gasteiger partial charge in [-0.2, -0.15) is 0 Å². The topological polar surface area (TPSA) is 77.7 Å². The summed E-state index contributed by atoms with van der Waals surface area (Å²) in [5.74, 6) is 0.0556. The van der Waals surface area contributed by atoms with Crippen LogP contribution in [-0.4, -0.2) is 66.6 Å². The minimum absolute atomic E-state index is 0.133. The van der Waals surface area contributed by atoms with Crippen molar-refractivity contribution in [2.45, 2.75) is 26.7 Å². The lowest BCUT2D eigenvalue weighted by atomic mass is 9.72. The molecule has 3 fully saturated rings. The predicted molar refractivity (Wildman–Crippen MR) is 136 cm³/mol. The maximum Gasteiger partial charge on any atom is 0.320 e. The van der Waals surface area contributed by atoms with Crippen LogP contribution in [0.15, 0.2) is 48.9 Å². The van der Waals surface area contributed by atoms with Crippen molar-refractivity contribution in [3.05, 3.63) is 65.9 Å². The summed E-state index contributed by atoms with van der Waals surface area (Å²) in [6.07, 6.45) is 4.54. The number of anilines is 1. The quantitative estimate of drug-likeness (QED) is 0.688. The van der Waals surface area contributed by atoms with Gasteiger partial charge < -0.3 is 25.8 Å². The largest absolute Gasteiger partial charge is 0.403 e. The van der Waals surface area contributed by atoms with E-state index < -0.39 is 0 Å². The first-order chi connectivity index (χ1) is 16.6. The van der Waals surface area contributed by atoms with Crippen LogP contribution in [0.3, 0.4) is 0 Å². The molecule has 0 bridgehead atoms. The predicted octanol–water partition coefficient (Wildman–Crippen LogP) is 3.45. The van der Waals surface area contributed by atoms with Gasteiger partial charge in [0.2, 0.25) is 0 Å². The summed E-state index contributed by atoms with van der Waals surface area (Å²) in [6, 6.07) is 10.1. The molecule has 35 heavy (non-hydrogen) atoms. The normalized spacial score (nSPS) is 19.8.